The molecule has 0 saturated carbocycles. The maximum absolute atomic E-state index is 12.9. The molecule has 2 aromatic rings. The molecule has 4 heterocycles. The van der Waals surface area contributed by atoms with Crippen LogP contribution in [-0.2, 0) is 13.5 Å². The lowest BCUT2D eigenvalue weighted by Crippen LogP contribution is -2.38. The quantitative estimate of drug-likeness (QED) is 0.885. The van der Waals surface area contributed by atoms with Crippen molar-refractivity contribution < 1.29 is 9.63 Å². The van der Waals surface area contributed by atoms with E-state index in [0.29, 0.717) is 5.92 Å². The molecule has 3 aliphatic heterocycles. The number of nitrogens with zero attached hydrogens (tertiary/aromatic N) is 3. The number of nitrogens with one attached hydrogen (secondary N) is 1. The summed E-state index contributed by atoms with van der Waals surface area (Å²) in [6.07, 6.45) is 5.19. The Kier molecular flexibility index (Phi) is 4.61. The van der Waals surface area contributed by atoms with E-state index in [1.54, 1.807) is 0 Å². The first kappa shape index (κ1) is 17.8. The minimum Gasteiger partial charge on any atom is -0.408 e. The van der Waals surface area contributed by atoms with Gasteiger partial charge in [-0.05, 0) is 43.9 Å². The molecule has 1 amide bonds. The number of carbonyl (C=O) groups excluding carboxylic acids is 1. The van der Waals surface area contributed by atoms with Crippen LogP contribution in [0.5, 0.6) is 5.75 Å². The Morgan fingerprint density at radius 1 is 1.18 bits per heavy atom. The average Bonchev–Trinajstić information content (AvgIpc) is 3.40. The number of benzene rings is 1. The van der Waals surface area contributed by atoms with Crippen molar-refractivity contribution in [1.29, 1.82) is 0 Å². The van der Waals surface area contributed by atoms with Gasteiger partial charge in [0.05, 0.1) is 11.6 Å². The Morgan fingerprint density at radius 3 is 3.00 bits per heavy atom. The predicted octanol–water partition coefficient (Wildman–Crippen LogP) is 2.37. The second-order valence-electron chi connectivity index (χ2n) is 8.27. The molecule has 148 valence electrons. The SMILES string of the molecule is Cn1ccc2c1CCCN(CCN1CCC(C3NOc4ccccc43)C1)C2=O. The Balaban J connectivity index is 1.19. The molecule has 1 fully saturated rings. The Morgan fingerprint density at radius 2 is 2.07 bits per heavy atom. The van der Waals surface area contributed by atoms with Crippen molar-refractivity contribution in [3.05, 3.63) is 53.3 Å². The molecule has 1 saturated heterocycles. The molecule has 1 N–H and O–H groups in total. The minimum atomic E-state index is 0.198. The van der Waals surface area contributed by atoms with Crippen LogP contribution in [0, 0.1) is 5.92 Å². The van der Waals surface area contributed by atoms with E-state index >= 15 is 0 Å². The summed E-state index contributed by atoms with van der Waals surface area (Å²) in [5, 5.41) is 0. The summed E-state index contributed by atoms with van der Waals surface area (Å²) in [5.41, 5.74) is 6.57. The molecule has 1 aromatic carbocycles. The number of hydroxylamine groups is 1. The van der Waals surface area contributed by atoms with E-state index in [1.165, 1.54) is 11.3 Å². The number of hydrogen-bond acceptors (Lipinski definition) is 4. The second-order valence-corrected chi connectivity index (χ2v) is 8.27. The highest BCUT2D eigenvalue weighted by atomic mass is 16.7. The monoisotopic (exact) mass is 380 g/mol. The van der Waals surface area contributed by atoms with Gasteiger partial charge in [0.25, 0.3) is 5.91 Å². The van der Waals surface area contributed by atoms with Crippen LogP contribution < -0.4 is 10.3 Å². The van der Waals surface area contributed by atoms with Crippen molar-refractivity contribution in [1.82, 2.24) is 19.8 Å². The van der Waals surface area contributed by atoms with Crippen molar-refractivity contribution in [3.8, 4) is 5.75 Å². The summed E-state index contributed by atoms with van der Waals surface area (Å²) in [6, 6.07) is 10.5. The first-order chi connectivity index (χ1) is 13.7. The van der Waals surface area contributed by atoms with Gasteiger partial charge in [0.15, 0.2) is 5.75 Å². The maximum Gasteiger partial charge on any atom is 0.255 e. The van der Waals surface area contributed by atoms with Gasteiger partial charge in [-0.2, -0.15) is 0 Å². The minimum absolute atomic E-state index is 0.198. The van der Waals surface area contributed by atoms with Gasteiger partial charge in [-0.3, -0.25) is 4.79 Å². The zero-order valence-electron chi connectivity index (χ0n) is 16.4. The van der Waals surface area contributed by atoms with E-state index in [1.807, 2.05) is 36.3 Å². The van der Waals surface area contributed by atoms with Crippen LogP contribution >= 0.6 is 0 Å². The van der Waals surface area contributed by atoms with E-state index in [4.69, 9.17) is 4.84 Å². The number of aromatic nitrogens is 1. The van der Waals surface area contributed by atoms with Gasteiger partial charge < -0.3 is 19.2 Å². The summed E-state index contributed by atoms with van der Waals surface area (Å²) < 4.78 is 2.09. The molecule has 28 heavy (non-hydrogen) atoms. The van der Waals surface area contributed by atoms with Gasteiger partial charge in [0.2, 0.25) is 0 Å². The van der Waals surface area contributed by atoms with Crippen molar-refractivity contribution in [3.63, 3.8) is 0 Å². The highest BCUT2D eigenvalue weighted by molar-refractivity contribution is 5.95. The van der Waals surface area contributed by atoms with Crippen molar-refractivity contribution in [2.24, 2.45) is 13.0 Å². The third kappa shape index (κ3) is 3.10. The zero-order chi connectivity index (χ0) is 19.1. The summed E-state index contributed by atoms with van der Waals surface area (Å²) in [7, 11) is 2.03. The molecule has 2 unspecified atom stereocenters. The van der Waals surface area contributed by atoms with E-state index in [9.17, 15) is 4.79 Å². The molecule has 3 aliphatic rings. The van der Waals surface area contributed by atoms with E-state index in [-0.39, 0.29) is 11.9 Å². The molecule has 0 bridgehead atoms. The number of aryl methyl sites for hydroxylation is 1. The third-order valence-corrected chi connectivity index (χ3v) is 6.58. The van der Waals surface area contributed by atoms with Crippen molar-refractivity contribution in [2.75, 3.05) is 32.7 Å². The Hall–Kier alpha value is -2.31. The number of rotatable bonds is 4. The molecular weight excluding hydrogens is 352 g/mol. The summed E-state index contributed by atoms with van der Waals surface area (Å²) in [4.78, 5) is 23.1. The molecule has 0 radical (unpaired) electrons. The van der Waals surface area contributed by atoms with E-state index < -0.39 is 0 Å². The average molecular weight is 380 g/mol. The van der Waals surface area contributed by atoms with Crippen LogP contribution in [0.25, 0.3) is 0 Å². The Labute approximate surface area is 166 Å². The first-order valence-corrected chi connectivity index (χ1v) is 10.4. The van der Waals surface area contributed by atoms with Crippen LogP contribution in [0.3, 0.4) is 0 Å². The normalized spacial score (nSPS) is 24.8. The van der Waals surface area contributed by atoms with Crippen molar-refractivity contribution >= 4 is 5.91 Å². The van der Waals surface area contributed by atoms with Crippen LogP contribution in [0.15, 0.2) is 36.5 Å². The molecule has 6 heteroatoms. The standard InChI is InChI=1S/C22H28N4O2/c1-24-11-9-17-19(24)6-4-10-26(22(17)27)14-13-25-12-8-16(15-25)21-18-5-2-3-7-20(18)28-23-21/h2-3,5,7,9,11,16,21,23H,4,6,8,10,12-15H2,1H3. The van der Waals surface area contributed by atoms with Crippen LogP contribution in [0.4, 0.5) is 0 Å². The molecule has 6 nitrogen and oxygen atoms in total. The highest BCUT2D eigenvalue weighted by Gasteiger charge is 2.35. The fraction of sp³-hybridized carbons (Fsp3) is 0.500. The molecular formula is C22H28N4O2. The van der Waals surface area contributed by atoms with Gasteiger partial charge in [0, 0.05) is 50.7 Å². The van der Waals surface area contributed by atoms with E-state index in [2.05, 4.69) is 27.1 Å². The maximum atomic E-state index is 12.9. The summed E-state index contributed by atoms with van der Waals surface area (Å²) in [5.74, 6) is 1.70. The van der Waals surface area contributed by atoms with Crippen LogP contribution in [0.1, 0.15) is 40.5 Å². The lowest BCUT2D eigenvalue weighted by atomic mass is 9.93. The van der Waals surface area contributed by atoms with Crippen LogP contribution in [0.2, 0.25) is 0 Å². The lowest BCUT2D eigenvalue weighted by molar-refractivity contribution is 0.0744. The van der Waals surface area contributed by atoms with Gasteiger partial charge in [-0.25, -0.2) is 0 Å². The number of amides is 1. The fourth-order valence-electron chi connectivity index (χ4n) is 4.96. The number of para-hydroxylation sites is 1. The molecule has 0 spiro atoms. The molecule has 2 atom stereocenters. The predicted molar refractivity (Wildman–Crippen MR) is 107 cm³/mol. The van der Waals surface area contributed by atoms with Gasteiger partial charge >= 0.3 is 0 Å². The zero-order valence-corrected chi connectivity index (χ0v) is 16.4. The third-order valence-electron chi connectivity index (χ3n) is 6.58. The molecule has 0 aliphatic carbocycles. The highest BCUT2D eigenvalue weighted by Crippen LogP contribution is 2.38. The topological polar surface area (TPSA) is 49.7 Å². The van der Waals surface area contributed by atoms with Gasteiger partial charge in [0.1, 0.15) is 0 Å². The summed E-state index contributed by atoms with van der Waals surface area (Å²) in [6.45, 7) is 4.75. The number of carbonyl (C=O) groups is 1. The number of likely N-dealkylation sites (tertiary alicyclic amines) is 1. The first-order valence-electron chi connectivity index (χ1n) is 10.4. The fourth-order valence-corrected chi connectivity index (χ4v) is 4.96. The molecule has 1 aromatic heterocycles. The Bertz CT molecular complexity index is 877. The summed E-state index contributed by atoms with van der Waals surface area (Å²) >= 11 is 0. The molecule has 5 rings (SSSR count). The van der Waals surface area contributed by atoms with Gasteiger partial charge in [-0.1, -0.05) is 18.2 Å². The lowest BCUT2D eigenvalue weighted by Gasteiger charge is -2.25. The van der Waals surface area contributed by atoms with Crippen molar-refractivity contribution in [2.45, 2.75) is 25.3 Å². The van der Waals surface area contributed by atoms with Gasteiger partial charge in [-0.15, -0.1) is 5.48 Å². The van der Waals surface area contributed by atoms with Crippen LogP contribution in [-0.4, -0.2) is 53.0 Å². The van der Waals surface area contributed by atoms with E-state index in [0.717, 1.165) is 63.3 Å². The number of hydrogen-bond donors (Lipinski definition) is 1. The second kappa shape index (κ2) is 7.26. The largest absolute Gasteiger partial charge is 0.408 e. The smallest absolute Gasteiger partial charge is 0.255 e. The number of fused-ring (bicyclic) bond motifs is 2.